The number of anilines is 2. The molecule has 2 aromatic heterocycles. The third kappa shape index (κ3) is 10.9. The van der Waals surface area contributed by atoms with Crippen molar-refractivity contribution in [2.24, 2.45) is 12.1 Å². The minimum atomic E-state index is -5.92. The van der Waals surface area contributed by atoms with Crippen LogP contribution < -0.4 is 25.2 Å². The van der Waals surface area contributed by atoms with Gasteiger partial charge >= 0.3 is 29.1 Å². The maximum absolute atomic E-state index is 13.3. The number of aliphatic hydroxyl groups is 4. The van der Waals surface area contributed by atoms with E-state index in [1.165, 1.54) is 29.4 Å². The molecule has 0 radical (unpaired) electrons. The molecule has 0 bridgehead atoms. The molecule has 348 valence electrons. The predicted molar refractivity (Wildman–Crippen MR) is 222 cm³/mol. The summed E-state index contributed by atoms with van der Waals surface area (Å²) in [6.07, 6.45) is -5.93. The monoisotopic (exact) mass is 958 g/mol. The van der Waals surface area contributed by atoms with Crippen LogP contribution >= 0.6 is 23.5 Å². The zero-order valence-corrected chi connectivity index (χ0v) is 36.8. The molecule has 5 heterocycles. The zero-order chi connectivity index (χ0) is 46.1. The highest BCUT2D eigenvalue weighted by Crippen LogP contribution is 2.67. The maximum Gasteiger partial charge on any atom is 0.490 e. The van der Waals surface area contributed by atoms with Gasteiger partial charge in [0.2, 0.25) is 11.7 Å². The van der Waals surface area contributed by atoms with E-state index in [0.29, 0.717) is 6.42 Å². The van der Waals surface area contributed by atoms with Crippen LogP contribution in [0.3, 0.4) is 0 Å². The molecule has 3 aliphatic heterocycles. The van der Waals surface area contributed by atoms with Crippen LogP contribution in [0.5, 0.6) is 5.75 Å². The van der Waals surface area contributed by atoms with Crippen molar-refractivity contribution in [3.8, 4) is 5.75 Å². The largest absolute Gasteiger partial charge is 0.497 e. The lowest BCUT2D eigenvalue weighted by Crippen LogP contribution is -2.46. The molecule has 0 aliphatic carbocycles. The molecule has 4 aromatic rings. The highest BCUT2D eigenvalue weighted by atomic mass is 31.3. The van der Waals surface area contributed by atoms with Crippen molar-refractivity contribution >= 4 is 52.0 Å². The number of H-pyrrole nitrogens is 1. The number of imidazole rings is 1. The van der Waals surface area contributed by atoms with Gasteiger partial charge < -0.3 is 54.6 Å². The first kappa shape index (κ1) is 47.7. The molecular weight excluding hydrogens is 911 g/mol. The fraction of sp³-hybridized carbons (Fsp3) is 0.444. The lowest BCUT2D eigenvalue weighted by atomic mass is 10.0. The van der Waals surface area contributed by atoms with Crippen LogP contribution in [0.1, 0.15) is 25.1 Å². The summed E-state index contributed by atoms with van der Waals surface area (Å²) in [5, 5.41) is 51.4. The number of rotatable bonds is 18. The van der Waals surface area contributed by atoms with E-state index < -0.39 is 91.2 Å². The summed E-state index contributed by atoms with van der Waals surface area (Å²) in [5.74, 6) is 0.770. The molecule has 2 fully saturated rings. The number of hydrogen-bond donors (Lipinski definition) is 9. The van der Waals surface area contributed by atoms with Crippen LogP contribution in [0.15, 0.2) is 83.0 Å². The van der Waals surface area contributed by atoms with E-state index in [1.807, 2.05) is 71.8 Å². The van der Waals surface area contributed by atoms with Gasteiger partial charge in [-0.1, -0.05) is 35.3 Å². The van der Waals surface area contributed by atoms with Crippen molar-refractivity contribution in [2.45, 2.75) is 68.3 Å². The molecular formula is C36H47N7O18P3+. The van der Waals surface area contributed by atoms with E-state index in [0.717, 1.165) is 22.7 Å². The predicted octanol–water partition coefficient (Wildman–Crippen LogP) is 0.705. The lowest BCUT2D eigenvalue weighted by molar-refractivity contribution is -0.745. The third-order valence-corrected chi connectivity index (χ3v) is 14.6. The molecule has 28 heteroatoms. The van der Waals surface area contributed by atoms with Gasteiger partial charge in [-0.05, 0) is 48.9 Å². The van der Waals surface area contributed by atoms with Gasteiger partial charge in [0.25, 0.3) is 11.5 Å². The molecule has 7 rings (SSSR count). The number of phosphoric ester groups is 2. The Morgan fingerprint density at radius 2 is 1.52 bits per heavy atom. The minimum absolute atomic E-state index is 0.00371. The number of nitrogens with zero attached hydrogens (tertiary/aromatic N) is 5. The van der Waals surface area contributed by atoms with Crippen molar-refractivity contribution in [1.82, 2.24) is 14.5 Å². The van der Waals surface area contributed by atoms with Crippen LogP contribution in [0.25, 0.3) is 11.2 Å². The summed E-state index contributed by atoms with van der Waals surface area (Å²) in [6.45, 7) is -0.351. The Morgan fingerprint density at radius 1 is 0.891 bits per heavy atom. The van der Waals surface area contributed by atoms with Crippen LogP contribution in [0.2, 0.25) is 0 Å². The second kappa shape index (κ2) is 19.3. The van der Waals surface area contributed by atoms with Gasteiger partial charge in [-0.15, -0.1) is 0 Å². The van der Waals surface area contributed by atoms with Gasteiger partial charge in [-0.25, -0.2) is 18.3 Å². The standard InChI is InChI=1S/C36H46N7O18P3/c1-20-29(44)30(45)26(58-20)17-56-62(49,50)60-64(53,54)61-63(51,52)57-18-27-31(46)32(47)35(59-27)42-19-41(2)28-33(42)38-36(39-34(28)48)37-15-7-10-23-16-25(21-11-13-24(55-3)14-12-21)40-43(23)22-8-5-4-6-9-22/h4-14,19-20,23,26-27,29-32,35,44-47H,15-18H2,1-3H3,(H4-,37,38,39,48,49,50,51,52,53,54)/p+1/t20-,23?,26+,27+,29?,30-,31-,32?,35+/m0/s1. The van der Waals surface area contributed by atoms with Gasteiger partial charge in [0.05, 0.1) is 50.9 Å². The second-order valence-electron chi connectivity index (χ2n) is 14.8. The molecule has 2 saturated heterocycles. The van der Waals surface area contributed by atoms with Gasteiger partial charge in [0, 0.05) is 13.0 Å². The number of hydrazone groups is 1. The highest BCUT2D eigenvalue weighted by Gasteiger charge is 2.49. The van der Waals surface area contributed by atoms with E-state index in [2.05, 4.69) is 28.4 Å². The van der Waals surface area contributed by atoms with E-state index in [4.69, 9.17) is 23.8 Å². The van der Waals surface area contributed by atoms with E-state index in [9.17, 15) is 53.6 Å². The summed E-state index contributed by atoms with van der Waals surface area (Å²) >= 11 is 0. The van der Waals surface area contributed by atoms with Crippen molar-refractivity contribution in [2.75, 3.05) is 37.2 Å². The number of hydrogen-bond acceptors (Lipinski definition) is 19. The summed E-state index contributed by atoms with van der Waals surface area (Å²) in [7, 11) is -14.0. The molecule has 25 nitrogen and oxygen atoms in total. The number of aliphatic hydroxyl groups excluding tert-OH is 4. The number of fused-ring (bicyclic) bond motifs is 1. The van der Waals surface area contributed by atoms with Crippen LogP contribution in [0, 0.1) is 0 Å². The topological polar surface area (TPSA) is 340 Å². The summed E-state index contributed by atoms with van der Waals surface area (Å²) in [6, 6.07) is 17.1. The Kier molecular flexibility index (Phi) is 14.4. The maximum atomic E-state index is 13.3. The zero-order valence-electron chi connectivity index (χ0n) is 34.2. The molecule has 64 heavy (non-hydrogen) atoms. The first-order chi connectivity index (χ1) is 30.2. The lowest BCUT2D eigenvalue weighted by Gasteiger charge is -2.21. The molecule has 3 aliphatic rings. The smallest absolute Gasteiger partial charge is 0.490 e. The second-order valence-corrected chi connectivity index (χ2v) is 19.5. The number of aryl methyl sites for hydroxylation is 1. The average Bonchev–Trinajstić information content (AvgIpc) is 3.97. The van der Waals surface area contributed by atoms with Gasteiger partial charge in [0.1, 0.15) is 42.4 Å². The van der Waals surface area contributed by atoms with Gasteiger partial charge in [0.15, 0.2) is 6.33 Å². The molecule has 0 saturated carbocycles. The number of ether oxygens (including phenoxy) is 3. The number of aromatic nitrogens is 4. The number of methoxy groups -OCH3 is 1. The number of aromatic amines is 1. The third-order valence-electron chi connectivity index (χ3n) is 10.3. The Balaban J connectivity index is 0.973. The highest BCUT2D eigenvalue weighted by molar-refractivity contribution is 7.66. The summed E-state index contributed by atoms with van der Waals surface area (Å²) in [4.78, 5) is 50.5. The quantitative estimate of drug-likeness (QED) is 0.0377. The number of phosphoric acid groups is 3. The van der Waals surface area contributed by atoms with E-state index in [-0.39, 0.29) is 29.7 Å². The number of nitrogens with one attached hydrogen (secondary N) is 2. The molecule has 0 spiro atoms. The number of benzene rings is 2. The van der Waals surface area contributed by atoms with Crippen molar-refractivity contribution in [1.29, 1.82) is 0 Å². The molecule has 12 atom stereocenters. The number of para-hydroxylation sites is 1. The Morgan fingerprint density at radius 3 is 2.12 bits per heavy atom. The van der Waals surface area contributed by atoms with Crippen molar-refractivity contribution in [3.63, 3.8) is 0 Å². The first-order valence-electron chi connectivity index (χ1n) is 19.5. The van der Waals surface area contributed by atoms with E-state index in [1.54, 1.807) is 7.11 Å². The van der Waals surface area contributed by atoms with Crippen LogP contribution in [0.4, 0.5) is 11.6 Å². The normalized spacial score (nSPS) is 28.9. The Labute approximate surface area is 363 Å². The van der Waals surface area contributed by atoms with Crippen molar-refractivity contribution < 1.29 is 85.2 Å². The van der Waals surface area contributed by atoms with Crippen molar-refractivity contribution in [3.05, 3.63) is 89.0 Å². The van der Waals surface area contributed by atoms with Crippen LogP contribution in [-0.2, 0) is 47.9 Å². The molecule has 2 aromatic carbocycles. The Hall–Kier alpha value is -4.23. The van der Waals surface area contributed by atoms with Crippen LogP contribution in [-0.4, -0.2) is 131 Å². The molecule has 9 N–H and O–H groups in total. The minimum Gasteiger partial charge on any atom is -0.497 e. The Bertz CT molecular complexity index is 2560. The SMILES string of the molecule is COc1ccc(C2=NN(c3ccccc3)C(C=CCNc3nc4c(c(=O)[nH]3)n(C)c[n+]4[C@@H]3O[C@H](COP(=O)(O)OP(=O)(O)OP(=O)(O)OC[C@H]4O[C@@H](C)C(O)[C@H]4O)[C@H](O)C3O)C2)cc1. The summed E-state index contributed by atoms with van der Waals surface area (Å²) in [5.41, 5.74) is 2.20. The van der Waals surface area contributed by atoms with E-state index >= 15 is 0 Å². The first-order valence-corrected chi connectivity index (χ1v) is 23.9. The summed E-state index contributed by atoms with van der Waals surface area (Å²) < 4.78 is 73.5. The fourth-order valence-electron chi connectivity index (χ4n) is 7.20. The fourth-order valence-corrected chi connectivity index (χ4v) is 10.7. The molecule has 6 unspecified atom stereocenters. The molecule has 0 amide bonds. The average molecular weight is 959 g/mol. The van der Waals surface area contributed by atoms with Gasteiger partial charge in [-0.3, -0.25) is 28.4 Å². The van der Waals surface area contributed by atoms with Gasteiger partial charge in [-0.2, -0.15) is 13.7 Å².